The van der Waals surface area contributed by atoms with Crippen molar-refractivity contribution >= 4 is 19.7 Å². The normalized spacial score (nSPS) is 14.4. The van der Waals surface area contributed by atoms with Crippen molar-refractivity contribution in [1.82, 2.24) is 0 Å². The molecule has 5 nitrogen and oxygen atoms in total. The van der Waals surface area contributed by atoms with Gasteiger partial charge in [-0.3, -0.25) is 0 Å². The van der Waals surface area contributed by atoms with Gasteiger partial charge < -0.3 is 5.73 Å². The van der Waals surface area contributed by atoms with Crippen molar-refractivity contribution in [1.29, 1.82) is 0 Å². The lowest BCUT2D eigenvalue weighted by atomic mass is 10.1. The summed E-state index contributed by atoms with van der Waals surface area (Å²) in [7, 11) is -7.22. The van der Waals surface area contributed by atoms with Crippen LogP contribution in [0.4, 0.5) is 0 Å². The standard InChI is InChI=1S/C11H17NO4S2/c1-8(12)7-9-5-4-6-10(17(2,13)14)11(9)18(3,15)16/h4-6,8H,7,12H2,1-3H3. The van der Waals surface area contributed by atoms with E-state index in [-0.39, 0.29) is 15.8 Å². The molecular weight excluding hydrogens is 274 g/mol. The molecule has 0 bridgehead atoms. The highest BCUT2D eigenvalue weighted by molar-refractivity contribution is 7.93. The van der Waals surface area contributed by atoms with Gasteiger partial charge in [0.1, 0.15) is 0 Å². The zero-order valence-corrected chi connectivity index (χ0v) is 12.2. The zero-order valence-electron chi connectivity index (χ0n) is 10.5. The molecular formula is C11H17NO4S2. The predicted octanol–water partition coefficient (Wildman–Crippen LogP) is 0.383. The van der Waals surface area contributed by atoms with Crippen LogP contribution >= 0.6 is 0 Å². The van der Waals surface area contributed by atoms with Crippen LogP contribution in [0.5, 0.6) is 0 Å². The van der Waals surface area contributed by atoms with Crippen molar-refractivity contribution in [2.75, 3.05) is 12.5 Å². The summed E-state index contributed by atoms with van der Waals surface area (Å²) in [5.74, 6) is 0. The Balaban J connectivity index is 3.67. The van der Waals surface area contributed by atoms with Crippen molar-refractivity contribution in [3.05, 3.63) is 23.8 Å². The lowest BCUT2D eigenvalue weighted by Gasteiger charge is -2.13. The molecule has 0 fully saturated rings. The van der Waals surface area contributed by atoms with Gasteiger partial charge in [-0.2, -0.15) is 0 Å². The summed E-state index contributed by atoms with van der Waals surface area (Å²) in [6.45, 7) is 1.74. The van der Waals surface area contributed by atoms with Gasteiger partial charge in [0.25, 0.3) is 0 Å². The van der Waals surface area contributed by atoms with Crippen molar-refractivity contribution < 1.29 is 16.8 Å². The molecule has 0 aliphatic rings. The second-order valence-corrected chi connectivity index (χ2v) is 8.41. The fraction of sp³-hybridized carbons (Fsp3) is 0.455. The van der Waals surface area contributed by atoms with Crippen LogP contribution in [0.15, 0.2) is 28.0 Å². The summed E-state index contributed by atoms with van der Waals surface area (Å²) < 4.78 is 46.9. The van der Waals surface area contributed by atoms with Crippen LogP contribution in [-0.2, 0) is 26.1 Å². The molecule has 1 atom stereocenters. The Hall–Kier alpha value is -0.920. The molecule has 1 rings (SSSR count). The van der Waals surface area contributed by atoms with Gasteiger partial charge in [-0.15, -0.1) is 0 Å². The molecule has 1 unspecified atom stereocenters. The first kappa shape index (κ1) is 15.1. The Bertz CT molecular complexity index is 646. The van der Waals surface area contributed by atoms with Crippen molar-refractivity contribution in [2.45, 2.75) is 29.2 Å². The smallest absolute Gasteiger partial charge is 0.177 e. The van der Waals surface area contributed by atoms with E-state index in [4.69, 9.17) is 5.73 Å². The predicted molar refractivity (Wildman–Crippen MR) is 70.0 cm³/mol. The SMILES string of the molecule is CC(N)Cc1cccc(S(C)(=O)=O)c1S(C)(=O)=O. The molecule has 2 N–H and O–H groups in total. The van der Waals surface area contributed by atoms with E-state index in [0.717, 1.165) is 12.5 Å². The molecule has 1 aromatic rings. The second kappa shape index (κ2) is 4.99. The van der Waals surface area contributed by atoms with E-state index < -0.39 is 19.7 Å². The summed E-state index contributed by atoms with van der Waals surface area (Å²) in [6.07, 6.45) is 2.31. The molecule has 0 amide bonds. The maximum absolute atomic E-state index is 11.8. The maximum atomic E-state index is 11.8. The molecule has 0 heterocycles. The van der Waals surface area contributed by atoms with E-state index in [9.17, 15) is 16.8 Å². The first-order valence-corrected chi connectivity index (χ1v) is 9.09. The molecule has 102 valence electrons. The van der Waals surface area contributed by atoms with E-state index in [0.29, 0.717) is 12.0 Å². The Kier molecular flexibility index (Phi) is 4.19. The minimum absolute atomic E-state index is 0.134. The average molecular weight is 291 g/mol. The monoisotopic (exact) mass is 291 g/mol. The third kappa shape index (κ3) is 3.54. The number of hydrogen-bond donors (Lipinski definition) is 1. The molecule has 0 radical (unpaired) electrons. The highest BCUT2D eigenvalue weighted by Gasteiger charge is 2.24. The van der Waals surface area contributed by atoms with E-state index >= 15 is 0 Å². The van der Waals surface area contributed by atoms with Crippen LogP contribution in [0.25, 0.3) is 0 Å². The molecule has 0 saturated carbocycles. The van der Waals surface area contributed by atoms with Gasteiger partial charge in [0.2, 0.25) is 0 Å². The number of nitrogens with two attached hydrogens (primary N) is 1. The summed E-state index contributed by atoms with van der Waals surface area (Å²) in [5.41, 5.74) is 6.09. The molecule has 1 aromatic carbocycles. The lowest BCUT2D eigenvalue weighted by molar-refractivity contribution is 0.585. The van der Waals surface area contributed by atoms with Crippen molar-refractivity contribution in [3.63, 3.8) is 0 Å². The average Bonchev–Trinajstić information content (AvgIpc) is 2.13. The number of sulfone groups is 2. The van der Waals surface area contributed by atoms with E-state index in [1.165, 1.54) is 12.1 Å². The van der Waals surface area contributed by atoms with Gasteiger partial charge in [-0.25, -0.2) is 16.8 Å². The Morgan fingerprint density at radius 2 is 1.67 bits per heavy atom. The first-order valence-electron chi connectivity index (χ1n) is 5.31. The second-order valence-electron chi connectivity index (χ2n) is 4.47. The van der Waals surface area contributed by atoms with Gasteiger partial charge in [0.15, 0.2) is 19.7 Å². The highest BCUT2D eigenvalue weighted by Crippen LogP contribution is 2.25. The Labute approximate surface area is 108 Å². The number of hydrogen-bond acceptors (Lipinski definition) is 5. The van der Waals surface area contributed by atoms with Crippen LogP contribution in [0.1, 0.15) is 12.5 Å². The third-order valence-corrected chi connectivity index (χ3v) is 4.86. The van der Waals surface area contributed by atoms with E-state index in [1.54, 1.807) is 13.0 Å². The largest absolute Gasteiger partial charge is 0.328 e. The molecule has 0 saturated heterocycles. The Morgan fingerprint density at radius 3 is 2.06 bits per heavy atom. The topological polar surface area (TPSA) is 94.3 Å². The summed E-state index contributed by atoms with van der Waals surface area (Å²) in [5, 5.41) is 0. The minimum Gasteiger partial charge on any atom is -0.328 e. The Morgan fingerprint density at radius 1 is 1.11 bits per heavy atom. The summed E-state index contributed by atoms with van der Waals surface area (Å²) in [6, 6.07) is 4.17. The van der Waals surface area contributed by atoms with Gasteiger partial charge in [0.05, 0.1) is 9.79 Å². The third-order valence-electron chi connectivity index (χ3n) is 2.37. The fourth-order valence-electron chi connectivity index (χ4n) is 1.78. The van der Waals surface area contributed by atoms with Crippen LogP contribution in [0.2, 0.25) is 0 Å². The highest BCUT2D eigenvalue weighted by atomic mass is 32.2. The minimum atomic E-state index is -3.63. The number of benzene rings is 1. The van der Waals surface area contributed by atoms with Crippen LogP contribution in [0.3, 0.4) is 0 Å². The number of rotatable bonds is 4. The van der Waals surface area contributed by atoms with Crippen LogP contribution < -0.4 is 5.73 Å². The van der Waals surface area contributed by atoms with Gasteiger partial charge in [-0.05, 0) is 25.0 Å². The molecule has 18 heavy (non-hydrogen) atoms. The van der Waals surface area contributed by atoms with Crippen molar-refractivity contribution in [2.24, 2.45) is 5.73 Å². The lowest BCUT2D eigenvalue weighted by Crippen LogP contribution is -2.20. The molecule has 0 aliphatic heterocycles. The van der Waals surface area contributed by atoms with Gasteiger partial charge in [0, 0.05) is 18.6 Å². The fourth-order valence-corrected chi connectivity index (χ4v) is 4.54. The van der Waals surface area contributed by atoms with E-state index in [1.807, 2.05) is 0 Å². The van der Waals surface area contributed by atoms with Gasteiger partial charge >= 0.3 is 0 Å². The molecule has 0 spiro atoms. The molecule has 0 aromatic heterocycles. The first-order chi connectivity index (χ1) is 8.03. The van der Waals surface area contributed by atoms with E-state index in [2.05, 4.69) is 0 Å². The molecule has 0 aliphatic carbocycles. The summed E-state index contributed by atoms with van der Waals surface area (Å²) >= 11 is 0. The van der Waals surface area contributed by atoms with Crippen LogP contribution in [-0.4, -0.2) is 35.4 Å². The van der Waals surface area contributed by atoms with Gasteiger partial charge in [-0.1, -0.05) is 12.1 Å². The molecule has 7 heteroatoms. The quantitative estimate of drug-likeness (QED) is 0.865. The van der Waals surface area contributed by atoms with Crippen LogP contribution in [0, 0.1) is 0 Å². The zero-order chi connectivity index (χ0) is 14.1. The summed E-state index contributed by atoms with van der Waals surface area (Å²) in [4.78, 5) is -0.298. The van der Waals surface area contributed by atoms with Crippen molar-refractivity contribution in [3.8, 4) is 0 Å². The maximum Gasteiger partial charge on any atom is 0.177 e.